The van der Waals surface area contributed by atoms with E-state index in [9.17, 15) is 9.18 Å². The Kier molecular flexibility index (Phi) is 5.73. The van der Waals surface area contributed by atoms with Crippen LogP contribution in [0.4, 0.5) is 4.39 Å². The van der Waals surface area contributed by atoms with Crippen molar-refractivity contribution in [2.24, 2.45) is 0 Å². The molecule has 2 aromatic carbocycles. The second-order valence-electron chi connectivity index (χ2n) is 5.96. The molecule has 6 heteroatoms. The Hall–Kier alpha value is -2.60. The van der Waals surface area contributed by atoms with E-state index in [4.69, 9.17) is 14.2 Å². The maximum atomic E-state index is 13.1. The monoisotopic (exact) mass is 359 g/mol. The van der Waals surface area contributed by atoms with Gasteiger partial charge in [0, 0.05) is 12.1 Å². The number of halogens is 1. The predicted octanol–water partition coefficient (Wildman–Crippen LogP) is 3.45. The molecule has 1 unspecified atom stereocenters. The topological polar surface area (TPSA) is 48.0 Å². The Morgan fingerprint density at radius 3 is 2.69 bits per heavy atom. The number of morpholine rings is 1. The zero-order chi connectivity index (χ0) is 18.5. The van der Waals surface area contributed by atoms with Gasteiger partial charge in [-0.25, -0.2) is 4.39 Å². The minimum Gasteiger partial charge on any atom is -0.493 e. The molecule has 0 spiro atoms. The Morgan fingerprint density at radius 1 is 1.23 bits per heavy atom. The van der Waals surface area contributed by atoms with Crippen LogP contribution in [0.15, 0.2) is 42.5 Å². The average molecular weight is 359 g/mol. The van der Waals surface area contributed by atoms with Crippen molar-refractivity contribution in [2.75, 3.05) is 33.4 Å². The van der Waals surface area contributed by atoms with Crippen LogP contribution in [0.3, 0.4) is 0 Å². The van der Waals surface area contributed by atoms with Gasteiger partial charge in [0.15, 0.2) is 11.5 Å². The summed E-state index contributed by atoms with van der Waals surface area (Å²) in [7, 11) is 1.55. The van der Waals surface area contributed by atoms with E-state index in [1.54, 1.807) is 42.3 Å². The van der Waals surface area contributed by atoms with E-state index >= 15 is 0 Å². The van der Waals surface area contributed by atoms with Crippen LogP contribution in [0.5, 0.6) is 11.5 Å². The smallest absolute Gasteiger partial charge is 0.254 e. The fourth-order valence-corrected chi connectivity index (χ4v) is 2.97. The van der Waals surface area contributed by atoms with E-state index < -0.39 is 0 Å². The van der Waals surface area contributed by atoms with Crippen molar-refractivity contribution in [3.05, 3.63) is 59.4 Å². The third-order valence-corrected chi connectivity index (χ3v) is 4.31. The first-order chi connectivity index (χ1) is 12.6. The summed E-state index contributed by atoms with van der Waals surface area (Å²) >= 11 is 0. The van der Waals surface area contributed by atoms with Crippen LogP contribution in [-0.2, 0) is 4.74 Å². The number of benzene rings is 2. The van der Waals surface area contributed by atoms with Crippen LogP contribution >= 0.6 is 0 Å². The molecule has 1 fully saturated rings. The summed E-state index contributed by atoms with van der Waals surface area (Å²) in [5.74, 6) is 0.750. The van der Waals surface area contributed by atoms with Gasteiger partial charge in [-0.2, -0.15) is 0 Å². The molecule has 1 heterocycles. The molecule has 0 aliphatic carbocycles. The lowest BCUT2D eigenvalue weighted by Gasteiger charge is -2.33. The van der Waals surface area contributed by atoms with Gasteiger partial charge in [0.05, 0.1) is 26.9 Å². The van der Waals surface area contributed by atoms with Gasteiger partial charge < -0.3 is 19.1 Å². The van der Waals surface area contributed by atoms with Gasteiger partial charge in [-0.1, -0.05) is 12.1 Å². The van der Waals surface area contributed by atoms with Gasteiger partial charge in [-0.3, -0.25) is 4.79 Å². The molecule has 0 saturated carbocycles. The summed E-state index contributed by atoms with van der Waals surface area (Å²) in [6, 6.07) is 11.3. The van der Waals surface area contributed by atoms with Crippen molar-refractivity contribution in [1.82, 2.24) is 4.90 Å². The van der Waals surface area contributed by atoms with E-state index in [1.165, 1.54) is 12.1 Å². The lowest BCUT2D eigenvalue weighted by atomic mass is 10.1. The van der Waals surface area contributed by atoms with Crippen molar-refractivity contribution in [2.45, 2.75) is 13.0 Å². The Bertz CT molecular complexity index is 763. The van der Waals surface area contributed by atoms with E-state index in [2.05, 4.69) is 0 Å². The first-order valence-electron chi connectivity index (χ1n) is 8.59. The third kappa shape index (κ3) is 3.96. The maximum absolute atomic E-state index is 13.1. The number of nitrogens with zero attached hydrogens (tertiary/aromatic N) is 1. The van der Waals surface area contributed by atoms with Crippen LogP contribution in [0.1, 0.15) is 28.9 Å². The van der Waals surface area contributed by atoms with Crippen LogP contribution in [0, 0.1) is 5.82 Å². The lowest BCUT2D eigenvalue weighted by molar-refractivity contribution is -0.0228. The molecular formula is C20H22FNO4. The highest BCUT2D eigenvalue weighted by Crippen LogP contribution is 2.29. The van der Waals surface area contributed by atoms with Crippen LogP contribution in [0.25, 0.3) is 0 Å². The molecule has 0 aromatic heterocycles. The number of hydrogen-bond donors (Lipinski definition) is 0. The summed E-state index contributed by atoms with van der Waals surface area (Å²) in [6.45, 7) is 3.77. The second-order valence-corrected chi connectivity index (χ2v) is 5.96. The molecule has 0 bridgehead atoms. The maximum Gasteiger partial charge on any atom is 0.254 e. The predicted molar refractivity (Wildman–Crippen MR) is 95.2 cm³/mol. The SMILES string of the molecule is CCOc1ccc(C(=O)N2CCOC(c3ccc(F)cc3)C2)cc1OC. The minimum absolute atomic E-state index is 0.0956. The highest BCUT2D eigenvalue weighted by atomic mass is 19.1. The number of carbonyl (C=O) groups is 1. The lowest BCUT2D eigenvalue weighted by Crippen LogP contribution is -2.42. The number of methoxy groups -OCH3 is 1. The van der Waals surface area contributed by atoms with Crippen LogP contribution in [-0.4, -0.2) is 44.2 Å². The summed E-state index contributed by atoms with van der Waals surface area (Å²) in [4.78, 5) is 14.6. The Balaban J connectivity index is 1.75. The second kappa shape index (κ2) is 8.19. The van der Waals surface area contributed by atoms with Crippen molar-refractivity contribution in [3.8, 4) is 11.5 Å². The average Bonchev–Trinajstić information content (AvgIpc) is 2.68. The van der Waals surface area contributed by atoms with Gasteiger partial charge in [-0.05, 0) is 42.8 Å². The van der Waals surface area contributed by atoms with Crippen LogP contribution < -0.4 is 9.47 Å². The highest BCUT2D eigenvalue weighted by molar-refractivity contribution is 5.95. The van der Waals surface area contributed by atoms with E-state index in [1.807, 2.05) is 6.92 Å². The third-order valence-electron chi connectivity index (χ3n) is 4.31. The van der Waals surface area contributed by atoms with Crippen LogP contribution in [0.2, 0.25) is 0 Å². The van der Waals surface area contributed by atoms with Crippen molar-refractivity contribution in [1.29, 1.82) is 0 Å². The molecule has 1 aliphatic heterocycles. The molecule has 1 saturated heterocycles. The van der Waals surface area contributed by atoms with Gasteiger partial charge in [-0.15, -0.1) is 0 Å². The first kappa shape index (κ1) is 18.2. The fourth-order valence-electron chi connectivity index (χ4n) is 2.97. The molecule has 2 aromatic rings. The molecule has 1 atom stereocenters. The highest BCUT2D eigenvalue weighted by Gasteiger charge is 2.26. The zero-order valence-electron chi connectivity index (χ0n) is 14.9. The normalized spacial score (nSPS) is 17.0. The molecule has 138 valence electrons. The molecule has 3 rings (SSSR count). The summed E-state index contributed by atoms with van der Waals surface area (Å²) < 4.78 is 29.7. The summed E-state index contributed by atoms with van der Waals surface area (Å²) in [6.07, 6.45) is -0.266. The largest absolute Gasteiger partial charge is 0.493 e. The van der Waals surface area contributed by atoms with E-state index in [0.29, 0.717) is 43.4 Å². The molecular weight excluding hydrogens is 337 g/mol. The fraction of sp³-hybridized carbons (Fsp3) is 0.350. The van der Waals surface area contributed by atoms with Gasteiger partial charge >= 0.3 is 0 Å². The molecule has 1 aliphatic rings. The van der Waals surface area contributed by atoms with Crippen molar-refractivity contribution < 1.29 is 23.4 Å². The number of hydrogen-bond acceptors (Lipinski definition) is 4. The molecule has 0 radical (unpaired) electrons. The van der Waals surface area contributed by atoms with Gasteiger partial charge in [0.25, 0.3) is 5.91 Å². The van der Waals surface area contributed by atoms with Crippen molar-refractivity contribution >= 4 is 5.91 Å². The Labute approximate surface area is 152 Å². The van der Waals surface area contributed by atoms with E-state index in [-0.39, 0.29) is 17.8 Å². The molecule has 1 amide bonds. The zero-order valence-corrected chi connectivity index (χ0v) is 14.9. The van der Waals surface area contributed by atoms with E-state index in [0.717, 1.165) is 5.56 Å². The number of amides is 1. The standard InChI is InChI=1S/C20H22FNO4/c1-3-25-17-9-6-15(12-18(17)24-2)20(23)22-10-11-26-19(13-22)14-4-7-16(21)8-5-14/h4-9,12,19H,3,10-11,13H2,1-2H3. The molecule has 0 N–H and O–H groups in total. The number of rotatable bonds is 5. The first-order valence-corrected chi connectivity index (χ1v) is 8.59. The van der Waals surface area contributed by atoms with Gasteiger partial charge in [0.2, 0.25) is 0 Å². The quantitative estimate of drug-likeness (QED) is 0.820. The minimum atomic E-state index is -0.293. The number of ether oxygens (including phenoxy) is 3. The Morgan fingerprint density at radius 2 is 2.00 bits per heavy atom. The van der Waals surface area contributed by atoms with Gasteiger partial charge in [0.1, 0.15) is 11.9 Å². The summed E-state index contributed by atoms with van der Waals surface area (Å²) in [5, 5.41) is 0. The number of carbonyl (C=O) groups excluding carboxylic acids is 1. The van der Waals surface area contributed by atoms with Crippen molar-refractivity contribution in [3.63, 3.8) is 0 Å². The summed E-state index contributed by atoms with van der Waals surface area (Å²) in [5.41, 5.74) is 1.39. The molecule has 26 heavy (non-hydrogen) atoms. The molecule has 5 nitrogen and oxygen atoms in total.